The molecule has 0 unspecified atom stereocenters. The lowest BCUT2D eigenvalue weighted by molar-refractivity contribution is -0.167. The summed E-state index contributed by atoms with van der Waals surface area (Å²) in [6, 6.07) is 5.86. The van der Waals surface area contributed by atoms with E-state index >= 15 is 0 Å². The van der Waals surface area contributed by atoms with Gasteiger partial charge < -0.3 is 19.7 Å². The summed E-state index contributed by atoms with van der Waals surface area (Å²) in [7, 11) is 0. The average Bonchev–Trinajstić information content (AvgIpc) is 2.67. The van der Waals surface area contributed by atoms with E-state index in [1.54, 1.807) is 0 Å². The highest BCUT2D eigenvalue weighted by molar-refractivity contribution is 5.82. The van der Waals surface area contributed by atoms with Gasteiger partial charge in [0, 0.05) is 18.1 Å². The molecule has 5 heteroatoms. The number of ether oxygens (including phenoxy) is 2. The minimum atomic E-state index is -0.970. The highest BCUT2D eigenvalue weighted by Gasteiger charge is 2.57. The third-order valence-electron chi connectivity index (χ3n) is 7.10. The topological polar surface area (TPSA) is 76.0 Å². The fraction of sp³-hybridized carbons (Fsp3) is 0.708. The van der Waals surface area contributed by atoms with E-state index in [-0.39, 0.29) is 24.4 Å². The largest absolute Gasteiger partial charge is 0.485 e. The maximum absolute atomic E-state index is 12.7. The second kappa shape index (κ2) is 7.92. The summed E-state index contributed by atoms with van der Waals surface area (Å²) >= 11 is 0. The van der Waals surface area contributed by atoms with Crippen LogP contribution in [0.1, 0.15) is 83.8 Å². The molecule has 0 aromatic heterocycles. The zero-order chi connectivity index (χ0) is 21.4. The molecule has 29 heavy (non-hydrogen) atoms. The molecule has 1 aliphatic heterocycles. The molecule has 0 amide bonds. The molecule has 0 spiro atoms. The molecule has 3 atom stereocenters. The van der Waals surface area contributed by atoms with E-state index in [9.17, 15) is 15.0 Å². The zero-order valence-electron chi connectivity index (χ0n) is 18.5. The molecule has 3 rings (SSSR count). The van der Waals surface area contributed by atoms with E-state index in [1.807, 2.05) is 45.9 Å². The van der Waals surface area contributed by atoms with Gasteiger partial charge in [-0.1, -0.05) is 25.5 Å². The minimum Gasteiger partial charge on any atom is -0.485 e. The average molecular weight is 405 g/mol. The van der Waals surface area contributed by atoms with Gasteiger partial charge in [-0.15, -0.1) is 0 Å². The first-order chi connectivity index (χ1) is 13.6. The third kappa shape index (κ3) is 3.79. The van der Waals surface area contributed by atoms with Gasteiger partial charge in [0.2, 0.25) is 0 Å². The van der Waals surface area contributed by atoms with Crippen molar-refractivity contribution in [1.29, 1.82) is 0 Å². The molecule has 1 aromatic carbocycles. The number of carbonyl (C=O) groups excluding carboxylic acids is 1. The molecular formula is C24H36O5. The van der Waals surface area contributed by atoms with Gasteiger partial charge in [-0.2, -0.15) is 0 Å². The fourth-order valence-corrected chi connectivity index (χ4v) is 4.79. The van der Waals surface area contributed by atoms with Crippen LogP contribution in [0.5, 0.6) is 5.75 Å². The Bertz CT molecular complexity index is 754. The van der Waals surface area contributed by atoms with Crippen molar-refractivity contribution in [3.05, 3.63) is 29.3 Å². The predicted molar refractivity (Wildman–Crippen MR) is 112 cm³/mol. The van der Waals surface area contributed by atoms with Crippen LogP contribution in [0.4, 0.5) is 0 Å². The highest BCUT2D eigenvalue weighted by atomic mass is 16.5. The molecule has 5 nitrogen and oxygen atoms in total. The third-order valence-corrected chi connectivity index (χ3v) is 7.10. The number of fused-ring (bicyclic) bond motifs is 3. The monoisotopic (exact) mass is 404 g/mol. The number of carbonyl (C=O) groups is 1. The Morgan fingerprint density at radius 1 is 1.34 bits per heavy atom. The van der Waals surface area contributed by atoms with Crippen LogP contribution in [0.2, 0.25) is 0 Å². The van der Waals surface area contributed by atoms with Crippen molar-refractivity contribution in [3.8, 4) is 5.75 Å². The van der Waals surface area contributed by atoms with E-state index in [1.165, 1.54) is 0 Å². The van der Waals surface area contributed by atoms with Crippen LogP contribution < -0.4 is 4.74 Å². The number of benzene rings is 1. The van der Waals surface area contributed by atoms with Crippen LogP contribution in [0.3, 0.4) is 0 Å². The van der Waals surface area contributed by atoms with Crippen molar-refractivity contribution in [2.75, 3.05) is 13.2 Å². The number of aliphatic hydroxyl groups excluding tert-OH is 1. The van der Waals surface area contributed by atoms with E-state index in [0.29, 0.717) is 13.0 Å². The summed E-state index contributed by atoms with van der Waals surface area (Å²) in [5.41, 5.74) is -0.709. The predicted octanol–water partition coefficient (Wildman–Crippen LogP) is 4.09. The van der Waals surface area contributed by atoms with Gasteiger partial charge in [0.1, 0.15) is 17.0 Å². The molecule has 1 fully saturated rings. The molecule has 1 saturated carbocycles. The highest BCUT2D eigenvalue weighted by Crippen LogP contribution is 2.55. The second-order valence-corrected chi connectivity index (χ2v) is 9.78. The lowest BCUT2D eigenvalue weighted by atomic mass is 9.60. The molecule has 1 aromatic rings. The van der Waals surface area contributed by atoms with Gasteiger partial charge in [0.25, 0.3) is 0 Å². The molecule has 1 aliphatic carbocycles. The van der Waals surface area contributed by atoms with Gasteiger partial charge in [-0.3, -0.25) is 4.79 Å². The zero-order valence-corrected chi connectivity index (χ0v) is 18.5. The summed E-state index contributed by atoms with van der Waals surface area (Å²) in [4.78, 5) is 12.7. The summed E-state index contributed by atoms with van der Waals surface area (Å²) in [5.74, 6) is 0.568. The van der Waals surface area contributed by atoms with Crippen molar-refractivity contribution < 1.29 is 24.5 Å². The lowest BCUT2D eigenvalue weighted by Crippen LogP contribution is -2.62. The van der Waals surface area contributed by atoms with Crippen LogP contribution in [-0.4, -0.2) is 40.6 Å². The van der Waals surface area contributed by atoms with Gasteiger partial charge in [0.15, 0.2) is 0 Å². The van der Waals surface area contributed by atoms with E-state index in [4.69, 9.17) is 9.47 Å². The van der Waals surface area contributed by atoms with Crippen LogP contribution in [0.25, 0.3) is 0 Å². The summed E-state index contributed by atoms with van der Waals surface area (Å²) < 4.78 is 11.8. The van der Waals surface area contributed by atoms with Gasteiger partial charge in [-0.05, 0) is 70.9 Å². The standard InChI is InChI=1S/C24H36O5/c1-6-7-12-28-21(26)22(2,3)17-8-9-18-19-13-16(15-25)10-11-24(19,27)23(4,5)29-20(18)14-17/h8-9,14,16,19,25,27H,6-7,10-13,15H2,1-5H3/t16-,19+,24-/m1/s1. The maximum Gasteiger partial charge on any atom is 0.315 e. The number of aliphatic hydroxyl groups is 2. The lowest BCUT2D eigenvalue weighted by Gasteiger charge is -2.55. The quantitative estimate of drug-likeness (QED) is 0.552. The molecule has 1 heterocycles. The molecule has 0 bridgehead atoms. The van der Waals surface area contributed by atoms with Crippen molar-refractivity contribution >= 4 is 5.97 Å². The Hall–Kier alpha value is -1.59. The first kappa shape index (κ1) is 22.1. The van der Waals surface area contributed by atoms with Gasteiger partial charge in [-0.25, -0.2) is 0 Å². The maximum atomic E-state index is 12.7. The first-order valence-corrected chi connectivity index (χ1v) is 10.9. The number of hydrogen-bond donors (Lipinski definition) is 2. The molecule has 2 N–H and O–H groups in total. The SMILES string of the molecule is CCCCOC(=O)C(C)(C)c1ccc2c(c1)OC(C)(C)[C@@]1(O)CC[C@@H](CO)C[C@@H]21. The number of unbranched alkanes of at least 4 members (excludes halogenated alkanes) is 1. The Balaban J connectivity index is 1.94. The Morgan fingerprint density at radius 2 is 2.07 bits per heavy atom. The van der Waals surface area contributed by atoms with Crippen molar-refractivity contribution in [2.24, 2.45) is 5.92 Å². The molecule has 162 valence electrons. The minimum absolute atomic E-state index is 0.0965. The smallest absolute Gasteiger partial charge is 0.315 e. The van der Waals surface area contributed by atoms with Crippen LogP contribution in [-0.2, 0) is 14.9 Å². The Morgan fingerprint density at radius 3 is 2.72 bits per heavy atom. The van der Waals surface area contributed by atoms with Crippen molar-refractivity contribution in [1.82, 2.24) is 0 Å². The van der Waals surface area contributed by atoms with E-state index in [0.717, 1.165) is 42.6 Å². The van der Waals surface area contributed by atoms with E-state index < -0.39 is 16.6 Å². The number of hydrogen-bond acceptors (Lipinski definition) is 5. The first-order valence-electron chi connectivity index (χ1n) is 10.9. The van der Waals surface area contributed by atoms with Crippen LogP contribution >= 0.6 is 0 Å². The summed E-state index contributed by atoms with van der Waals surface area (Å²) in [5, 5.41) is 21.2. The molecule has 0 radical (unpaired) electrons. The van der Waals surface area contributed by atoms with Crippen molar-refractivity contribution in [2.45, 2.75) is 89.3 Å². The molecule has 0 saturated heterocycles. The number of esters is 1. The van der Waals surface area contributed by atoms with Crippen LogP contribution in [0, 0.1) is 5.92 Å². The van der Waals surface area contributed by atoms with Crippen LogP contribution in [0.15, 0.2) is 18.2 Å². The summed E-state index contributed by atoms with van der Waals surface area (Å²) in [6.07, 6.45) is 3.96. The second-order valence-electron chi connectivity index (χ2n) is 9.78. The van der Waals surface area contributed by atoms with Gasteiger partial charge in [0.05, 0.1) is 12.0 Å². The number of rotatable bonds is 6. The van der Waals surface area contributed by atoms with Crippen molar-refractivity contribution in [3.63, 3.8) is 0 Å². The Labute approximate surface area is 174 Å². The fourth-order valence-electron chi connectivity index (χ4n) is 4.79. The molecular weight excluding hydrogens is 368 g/mol. The Kier molecular flexibility index (Phi) is 6.03. The molecule has 2 aliphatic rings. The van der Waals surface area contributed by atoms with E-state index in [2.05, 4.69) is 6.92 Å². The normalized spacial score (nSPS) is 28.1. The summed E-state index contributed by atoms with van der Waals surface area (Å²) in [6.45, 7) is 10.2. The van der Waals surface area contributed by atoms with Gasteiger partial charge >= 0.3 is 5.97 Å².